The van der Waals surface area contributed by atoms with Crippen LogP contribution in [-0.2, 0) is 0 Å². The first-order valence-corrected chi connectivity index (χ1v) is 8.52. The Labute approximate surface area is 147 Å². The van der Waals surface area contributed by atoms with Gasteiger partial charge in [0.15, 0.2) is 0 Å². The number of ether oxygens (including phenoxy) is 1. The van der Waals surface area contributed by atoms with Crippen LogP contribution in [0.3, 0.4) is 0 Å². The maximum atomic E-state index is 11.4. The molecule has 2 aromatic rings. The van der Waals surface area contributed by atoms with Crippen molar-refractivity contribution < 1.29 is 14.6 Å². The second-order valence-corrected chi connectivity index (χ2v) is 6.74. The van der Waals surface area contributed by atoms with Gasteiger partial charge in [0.1, 0.15) is 5.75 Å². The summed E-state index contributed by atoms with van der Waals surface area (Å²) in [4.78, 5) is 11.4. The second kappa shape index (κ2) is 5.96. The van der Waals surface area contributed by atoms with Gasteiger partial charge in [0.05, 0.1) is 19.1 Å². The summed E-state index contributed by atoms with van der Waals surface area (Å²) in [7, 11) is 1.67. The fourth-order valence-corrected chi connectivity index (χ4v) is 4.20. The van der Waals surface area contributed by atoms with Crippen LogP contribution in [0.5, 0.6) is 5.75 Å². The number of carboxylic acids is 1. The predicted molar refractivity (Wildman–Crippen MR) is 94.9 cm³/mol. The molecular formula is C21H20NO3-. The van der Waals surface area contributed by atoms with E-state index in [1.165, 1.54) is 5.56 Å². The monoisotopic (exact) mass is 334 g/mol. The van der Waals surface area contributed by atoms with Crippen molar-refractivity contribution in [2.45, 2.75) is 25.3 Å². The number of carbonyl (C=O) groups excluding carboxylic acids is 1. The van der Waals surface area contributed by atoms with Crippen molar-refractivity contribution >= 4 is 11.7 Å². The number of carboxylic acid groups (broad SMARTS) is 1. The number of nitrogens with one attached hydrogen (secondary N) is 1. The molecule has 3 atom stereocenters. The molecule has 0 amide bonds. The first kappa shape index (κ1) is 15.8. The molecule has 1 aliphatic carbocycles. The highest BCUT2D eigenvalue weighted by Crippen LogP contribution is 2.51. The third-order valence-electron chi connectivity index (χ3n) is 5.47. The average molecular weight is 334 g/mol. The summed E-state index contributed by atoms with van der Waals surface area (Å²) in [6.07, 6.45) is 5.47. The summed E-state index contributed by atoms with van der Waals surface area (Å²) in [6.45, 7) is 1.85. The zero-order chi connectivity index (χ0) is 17.6. The number of hydrogen-bond acceptors (Lipinski definition) is 4. The van der Waals surface area contributed by atoms with Gasteiger partial charge in [-0.1, -0.05) is 36.4 Å². The van der Waals surface area contributed by atoms with Crippen LogP contribution < -0.4 is 15.2 Å². The molecule has 0 radical (unpaired) electrons. The highest BCUT2D eigenvalue weighted by atomic mass is 16.5. The van der Waals surface area contributed by atoms with E-state index in [1.807, 2.05) is 25.1 Å². The first-order chi connectivity index (χ1) is 12.1. The van der Waals surface area contributed by atoms with Crippen LogP contribution in [-0.4, -0.2) is 13.1 Å². The predicted octanol–water partition coefficient (Wildman–Crippen LogP) is 3.19. The van der Waals surface area contributed by atoms with Crippen LogP contribution >= 0.6 is 0 Å². The van der Waals surface area contributed by atoms with Gasteiger partial charge in [0, 0.05) is 17.2 Å². The Bertz CT molecular complexity index is 871. The van der Waals surface area contributed by atoms with Crippen LogP contribution in [0, 0.1) is 12.8 Å². The smallest absolute Gasteiger partial charge is 0.119 e. The lowest BCUT2D eigenvalue weighted by Gasteiger charge is -2.39. The van der Waals surface area contributed by atoms with Gasteiger partial charge in [0.2, 0.25) is 0 Å². The van der Waals surface area contributed by atoms with Crippen LogP contribution in [0.4, 0.5) is 5.69 Å². The third-order valence-corrected chi connectivity index (χ3v) is 5.47. The van der Waals surface area contributed by atoms with Gasteiger partial charge in [-0.15, -0.1) is 0 Å². The van der Waals surface area contributed by atoms with E-state index in [1.54, 1.807) is 13.2 Å². The lowest BCUT2D eigenvalue weighted by Crippen LogP contribution is -2.31. The number of aromatic carboxylic acids is 1. The Balaban J connectivity index is 1.83. The highest BCUT2D eigenvalue weighted by molar-refractivity contribution is 5.90. The molecule has 0 saturated heterocycles. The SMILES string of the molecule is COc1cccc([C@H]2Nc3c(ccc(C(=O)[O-])c3C)[C@H]3C=CC[C@H]32)c1. The summed E-state index contributed by atoms with van der Waals surface area (Å²) in [6, 6.07) is 11.8. The van der Waals surface area contributed by atoms with Crippen molar-refractivity contribution in [3.05, 3.63) is 70.8 Å². The molecule has 1 heterocycles. The Morgan fingerprint density at radius 2 is 2.12 bits per heavy atom. The van der Waals surface area contributed by atoms with Crippen LogP contribution in [0.15, 0.2) is 48.6 Å². The molecule has 0 fully saturated rings. The molecular weight excluding hydrogens is 314 g/mol. The number of rotatable bonds is 3. The quantitative estimate of drug-likeness (QED) is 0.876. The van der Waals surface area contributed by atoms with Gasteiger partial charge >= 0.3 is 0 Å². The topological polar surface area (TPSA) is 61.4 Å². The van der Waals surface area contributed by atoms with Crippen LogP contribution in [0.2, 0.25) is 0 Å². The summed E-state index contributed by atoms with van der Waals surface area (Å²) in [5.74, 6) is 0.395. The third kappa shape index (κ3) is 2.49. The van der Waals surface area contributed by atoms with E-state index < -0.39 is 5.97 Å². The standard InChI is InChI=1S/C21H21NO3/c1-12-15(21(23)24)9-10-18-16-7-4-8-17(16)20(22-19(12)18)13-5-3-6-14(11-13)25-2/h3-7,9-11,16-17,20,22H,8H2,1-2H3,(H,23,24)/p-1/t16-,17+,20+/m0/s1. The zero-order valence-corrected chi connectivity index (χ0v) is 14.3. The number of fused-ring (bicyclic) bond motifs is 3. The van der Waals surface area contributed by atoms with Gasteiger partial charge < -0.3 is 20.0 Å². The van der Waals surface area contributed by atoms with Crippen LogP contribution in [0.25, 0.3) is 0 Å². The van der Waals surface area contributed by atoms with E-state index in [-0.39, 0.29) is 11.6 Å². The van der Waals surface area contributed by atoms with Crippen LogP contribution in [0.1, 0.15) is 45.4 Å². The molecule has 2 aliphatic rings. The summed E-state index contributed by atoms with van der Waals surface area (Å²) < 4.78 is 5.37. The normalized spacial score (nSPS) is 23.5. The Morgan fingerprint density at radius 1 is 1.28 bits per heavy atom. The molecule has 1 N–H and O–H groups in total. The first-order valence-electron chi connectivity index (χ1n) is 8.52. The van der Waals surface area contributed by atoms with Crippen molar-refractivity contribution in [1.29, 1.82) is 0 Å². The molecule has 128 valence electrons. The van der Waals surface area contributed by atoms with E-state index in [0.717, 1.165) is 29.0 Å². The average Bonchev–Trinajstić information content (AvgIpc) is 3.11. The molecule has 25 heavy (non-hydrogen) atoms. The van der Waals surface area contributed by atoms with Crippen molar-refractivity contribution in [3.8, 4) is 5.75 Å². The number of benzene rings is 2. The molecule has 2 aromatic carbocycles. The molecule has 4 nitrogen and oxygen atoms in total. The van der Waals surface area contributed by atoms with Gasteiger partial charge in [-0.25, -0.2) is 0 Å². The van der Waals surface area contributed by atoms with Gasteiger partial charge in [0.25, 0.3) is 0 Å². The van der Waals surface area contributed by atoms with E-state index in [0.29, 0.717) is 11.8 Å². The number of carbonyl (C=O) groups is 1. The highest BCUT2D eigenvalue weighted by Gasteiger charge is 2.38. The minimum atomic E-state index is -1.14. The van der Waals surface area contributed by atoms with Gasteiger partial charge in [-0.05, 0) is 48.1 Å². The number of allylic oxidation sites excluding steroid dienone is 2. The molecule has 0 aromatic heterocycles. The van der Waals surface area contributed by atoms with Gasteiger partial charge in [-0.3, -0.25) is 0 Å². The zero-order valence-electron chi connectivity index (χ0n) is 14.3. The maximum absolute atomic E-state index is 11.4. The van der Waals surface area contributed by atoms with Crippen molar-refractivity contribution in [1.82, 2.24) is 0 Å². The molecule has 1 aliphatic heterocycles. The molecule has 0 spiro atoms. The maximum Gasteiger partial charge on any atom is 0.119 e. The summed E-state index contributed by atoms with van der Waals surface area (Å²) in [5, 5.41) is 15.0. The van der Waals surface area contributed by atoms with E-state index >= 15 is 0 Å². The van der Waals surface area contributed by atoms with E-state index in [4.69, 9.17) is 4.74 Å². The van der Waals surface area contributed by atoms with E-state index in [2.05, 4.69) is 29.6 Å². The largest absolute Gasteiger partial charge is 0.545 e. The fraction of sp³-hybridized carbons (Fsp3) is 0.286. The molecule has 0 saturated carbocycles. The second-order valence-electron chi connectivity index (χ2n) is 6.74. The Morgan fingerprint density at radius 3 is 2.88 bits per heavy atom. The summed E-state index contributed by atoms with van der Waals surface area (Å²) in [5.41, 5.74) is 4.23. The van der Waals surface area contributed by atoms with Crippen molar-refractivity contribution in [2.24, 2.45) is 5.92 Å². The van der Waals surface area contributed by atoms with Gasteiger partial charge in [-0.2, -0.15) is 0 Å². The lowest BCUT2D eigenvalue weighted by atomic mass is 9.76. The molecule has 4 rings (SSSR count). The fourth-order valence-electron chi connectivity index (χ4n) is 4.20. The number of hydrogen-bond donors (Lipinski definition) is 1. The Kier molecular flexibility index (Phi) is 3.75. The molecule has 0 bridgehead atoms. The van der Waals surface area contributed by atoms with Crippen molar-refractivity contribution in [3.63, 3.8) is 0 Å². The lowest BCUT2D eigenvalue weighted by molar-refractivity contribution is -0.255. The Hall–Kier alpha value is -2.75. The molecule has 0 unspecified atom stereocenters. The minimum Gasteiger partial charge on any atom is -0.545 e. The number of methoxy groups -OCH3 is 1. The van der Waals surface area contributed by atoms with E-state index in [9.17, 15) is 9.90 Å². The molecule has 4 heteroatoms. The van der Waals surface area contributed by atoms with Crippen molar-refractivity contribution in [2.75, 3.05) is 12.4 Å². The minimum absolute atomic E-state index is 0.110. The number of anilines is 1. The summed E-state index contributed by atoms with van der Waals surface area (Å²) >= 11 is 0.